The van der Waals surface area contributed by atoms with Crippen molar-refractivity contribution in [1.82, 2.24) is 24.6 Å². The minimum atomic E-state index is 0.547. The van der Waals surface area contributed by atoms with Crippen molar-refractivity contribution in [2.24, 2.45) is 0 Å². The van der Waals surface area contributed by atoms with Crippen molar-refractivity contribution in [3.63, 3.8) is 0 Å². The van der Waals surface area contributed by atoms with Gasteiger partial charge in [-0.25, -0.2) is 0 Å². The molecule has 1 aliphatic heterocycles. The zero-order valence-electron chi connectivity index (χ0n) is 13.1. The molecule has 3 rings (SSSR count). The van der Waals surface area contributed by atoms with Gasteiger partial charge in [0.2, 0.25) is 0 Å². The minimum absolute atomic E-state index is 0.547. The highest BCUT2D eigenvalue weighted by Gasteiger charge is 2.25. The van der Waals surface area contributed by atoms with E-state index in [1.54, 1.807) is 0 Å². The summed E-state index contributed by atoms with van der Waals surface area (Å²) in [5.41, 5.74) is 4.37. The Morgan fingerprint density at radius 1 is 1.14 bits per heavy atom. The Labute approximate surface area is 126 Å². The first-order valence-electron chi connectivity index (χ1n) is 7.64. The Bertz CT molecular complexity index is 602. The molecule has 1 atom stereocenters. The Hall–Kier alpha value is -1.75. The van der Waals surface area contributed by atoms with Crippen molar-refractivity contribution >= 4 is 0 Å². The Morgan fingerprint density at radius 2 is 2.00 bits per heavy atom. The van der Waals surface area contributed by atoms with Crippen molar-refractivity contribution in [3.05, 3.63) is 41.2 Å². The third-order valence-electron chi connectivity index (χ3n) is 4.19. The van der Waals surface area contributed by atoms with Gasteiger partial charge >= 0.3 is 0 Å². The monoisotopic (exact) mass is 285 g/mol. The van der Waals surface area contributed by atoms with Crippen molar-refractivity contribution < 1.29 is 0 Å². The molecule has 0 aliphatic carbocycles. The molecule has 1 saturated heterocycles. The molecule has 0 amide bonds. The molecular formula is C16H23N5. The average Bonchev–Trinajstić information content (AvgIpc) is 3.00. The summed E-state index contributed by atoms with van der Waals surface area (Å²) < 4.78 is 2.14. The largest absolute Gasteiger partial charge is 0.293 e. The van der Waals surface area contributed by atoms with E-state index in [0.29, 0.717) is 6.04 Å². The second kappa shape index (κ2) is 5.93. The van der Waals surface area contributed by atoms with Crippen LogP contribution in [-0.2, 0) is 13.1 Å². The normalized spacial score (nSPS) is 19.3. The molecule has 112 valence electrons. The number of nitrogens with zero attached hydrogens (tertiary/aromatic N) is 5. The van der Waals surface area contributed by atoms with Crippen LogP contribution in [-0.4, -0.2) is 37.2 Å². The van der Waals surface area contributed by atoms with E-state index in [4.69, 9.17) is 0 Å². The molecule has 21 heavy (non-hydrogen) atoms. The molecule has 5 heteroatoms. The van der Waals surface area contributed by atoms with Crippen molar-refractivity contribution in [2.45, 2.75) is 52.7 Å². The molecule has 3 heterocycles. The highest BCUT2D eigenvalue weighted by Crippen LogP contribution is 2.21. The molecule has 0 spiro atoms. The summed E-state index contributed by atoms with van der Waals surface area (Å²) in [6.45, 7) is 9.15. The predicted molar refractivity (Wildman–Crippen MR) is 81.9 cm³/mol. The molecule has 2 aromatic heterocycles. The van der Waals surface area contributed by atoms with Gasteiger partial charge < -0.3 is 0 Å². The molecule has 5 nitrogen and oxygen atoms in total. The van der Waals surface area contributed by atoms with Gasteiger partial charge in [-0.2, -0.15) is 5.10 Å². The van der Waals surface area contributed by atoms with Crippen LogP contribution >= 0.6 is 0 Å². The first-order chi connectivity index (χ1) is 10.1. The zero-order chi connectivity index (χ0) is 14.8. The van der Waals surface area contributed by atoms with E-state index in [9.17, 15) is 0 Å². The van der Waals surface area contributed by atoms with E-state index in [-0.39, 0.29) is 0 Å². The fraction of sp³-hybridized carbons (Fsp3) is 0.562. The molecular weight excluding hydrogens is 262 g/mol. The lowest BCUT2D eigenvalue weighted by molar-refractivity contribution is 0.215. The molecule has 1 fully saturated rings. The quantitative estimate of drug-likeness (QED) is 0.864. The van der Waals surface area contributed by atoms with Crippen LogP contribution in [0.1, 0.15) is 35.6 Å². The lowest BCUT2D eigenvalue weighted by Crippen LogP contribution is -2.33. The zero-order valence-corrected chi connectivity index (χ0v) is 13.1. The van der Waals surface area contributed by atoms with Gasteiger partial charge in [-0.1, -0.05) is 0 Å². The summed E-state index contributed by atoms with van der Waals surface area (Å²) >= 11 is 0. The van der Waals surface area contributed by atoms with Gasteiger partial charge in [-0.15, -0.1) is 0 Å². The number of rotatable bonds is 4. The van der Waals surface area contributed by atoms with Gasteiger partial charge in [-0.05, 0) is 46.2 Å². The van der Waals surface area contributed by atoms with E-state index in [0.717, 1.165) is 36.7 Å². The van der Waals surface area contributed by atoms with Crippen LogP contribution < -0.4 is 0 Å². The molecule has 0 N–H and O–H groups in total. The Balaban J connectivity index is 1.67. The lowest BCUT2D eigenvalue weighted by atomic mass is 10.2. The van der Waals surface area contributed by atoms with Gasteiger partial charge in [0.05, 0.1) is 23.6 Å². The summed E-state index contributed by atoms with van der Waals surface area (Å²) in [6, 6.07) is 2.69. The first kappa shape index (κ1) is 14.2. The third kappa shape index (κ3) is 3.29. The summed E-state index contributed by atoms with van der Waals surface area (Å²) in [5, 5.41) is 4.59. The summed E-state index contributed by atoms with van der Waals surface area (Å²) in [4.78, 5) is 11.3. The van der Waals surface area contributed by atoms with Gasteiger partial charge in [0, 0.05) is 30.7 Å². The van der Waals surface area contributed by atoms with Crippen LogP contribution in [0.4, 0.5) is 0 Å². The Morgan fingerprint density at radius 3 is 2.67 bits per heavy atom. The van der Waals surface area contributed by atoms with Gasteiger partial charge in [0.25, 0.3) is 0 Å². The molecule has 0 unspecified atom stereocenters. The van der Waals surface area contributed by atoms with Crippen LogP contribution in [0.3, 0.4) is 0 Å². The molecule has 0 aromatic carbocycles. The number of hydrogen-bond acceptors (Lipinski definition) is 4. The van der Waals surface area contributed by atoms with Crippen LogP contribution in [0.15, 0.2) is 18.5 Å². The second-order valence-corrected chi connectivity index (χ2v) is 6.02. The smallest absolute Gasteiger partial charge is 0.0727 e. The number of aryl methyl sites for hydroxylation is 3. The SMILES string of the molecule is Cc1cnc(CN2CCC[C@H]2Cn2nc(C)cc2C)cn1. The van der Waals surface area contributed by atoms with E-state index in [1.165, 1.54) is 18.5 Å². The van der Waals surface area contributed by atoms with E-state index in [1.807, 2.05) is 19.3 Å². The molecule has 0 radical (unpaired) electrons. The van der Waals surface area contributed by atoms with E-state index in [2.05, 4.69) is 44.6 Å². The highest BCUT2D eigenvalue weighted by atomic mass is 15.3. The topological polar surface area (TPSA) is 46.8 Å². The summed E-state index contributed by atoms with van der Waals surface area (Å²) in [5.74, 6) is 0. The molecule has 2 aromatic rings. The van der Waals surface area contributed by atoms with Crippen LogP contribution in [0.25, 0.3) is 0 Å². The lowest BCUT2D eigenvalue weighted by Gasteiger charge is -2.24. The third-order valence-corrected chi connectivity index (χ3v) is 4.19. The Kier molecular flexibility index (Phi) is 4.01. The van der Waals surface area contributed by atoms with Crippen LogP contribution in [0, 0.1) is 20.8 Å². The van der Waals surface area contributed by atoms with Gasteiger partial charge in [-0.3, -0.25) is 19.5 Å². The summed E-state index contributed by atoms with van der Waals surface area (Å²) in [6.07, 6.45) is 6.23. The van der Waals surface area contributed by atoms with Crippen molar-refractivity contribution in [2.75, 3.05) is 6.54 Å². The number of aromatic nitrogens is 4. The molecule has 0 saturated carbocycles. The van der Waals surface area contributed by atoms with Crippen molar-refractivity contribution in [3.8, 4) is 0 Å². The number of hydrogen-bond donors (Lipinski definition) is 0. The van der Waals surface area contributed by atoms with Crippen LogP contribution in [0.5, 0.6) is 0 Å². The predicted octanol–water partition coefficient (Wildman–Crippen LogP) is 2.26. The second-order valence-electron chi connectivity index (χ2n) is 6.02. The van der Waals surface area contributed by atoms with Crippen LogP contribution in [0.2, 0.25) is 0 Å². The highest BCUT2D eigenvalue weighted by molar-refractivity contribution is 5.07. The first-order valence-corrected chi connectivity index (χ1v) is 7.64. The van der Waals surface area contributed by atoms with E-state index >= 15 is 0 Å². The minimum Gasteiger partial charge on any atom is -0.293 e. The average molecular weight is 285 g/mol. The van der Waals surface area contributed by atoms with Crippen molar-refractivity contribution in [1.29, 1.82) is 0 Å². The number of likely N-dealkylation sites (tertiary alicyclic amines) is 1. The standard InChI is InChI=1S/C16H23N5/c1-12-7-14(3)21(19-12)11-16-5-4-6-20(16)10-15-9-17-13(2)8-18-15/h7-9,16H,4-6,10-11H2,1-3H3/t16-/m0/s1. The fourth-order valence-corrected chi connectivity index (χ4v) is 3.08. The van der Waals surface area contributed by atoms with Gasteiger partial charge in [0.15, 0.2) is 0 Å². The van der Waals surface area contributed by atoms with Gasteiger partial charge in [0.1, 0.15) is 0 Å². The fourth-order valence-electron chi connectivity index (χ4n) is 3.08. The molecule has 0 bridgehead atoms. The maximum absolute atomic E-state index is 4.59. The maximum atomic E-state index is 4.59. The summed E-state index contributed by atoms with van der Waals surface area (Å²) in [7, 11) is 0. The maximum Gasteiger partial charge on any atom is 0.0727 e. The molecule has 1 aliphatic rings. The van der Waals surface area contributed by atoms with E-state index < -0.39 is 0 Å².